The molecule has 0 bridgehead atoms. The fraction of sp³-hybridized carbons (Fsp3) is 0.208. The van der Waals surface area contributed by atoms with Crippen LogP contribution in [0.3, 0.4) is 0 Å². The highest BCUT2D eigenvalue weighted by molar-refractivity contribution is 6.03. The van der Waals surface area contributed by atoms with Crippen LogP contribution in [0.15, 0.2) is 72.9 Å². The maximum atomic E-state index is 12.8. The zero-order valence-corrected chi connectivity index (χ0v) is 17.2. The second-order valence-electron chi connectivity index (χ2n) is 7.23. The van der Waals surface area contributed by atoms with Gasteiger partial charge in [0.1, 0.15) is 18.1 Å². The van der Waals surface area contributed by atoms with Gasteiger partial charge >= 0.3 is 0 Å². The summed E-state index contributed by atoms with van der Waals surface area (Å²) in [5.41, 5.74) is 2.17. The van der Waals surface area contributed by atoms with Gasteiger partial charge in [-0.3, -0.25) is 14.6 Å². The van der Waals surface area contributed by atoms with Crippen molar-refractivity contribution in [3.05, 3.63) is 78.6 Å². The maximum Gasteiger partial charge on any atom is 0.229 e. The van der Waals surface area contributed by atoms with Crippen molar-refractivity contribution in [2.24, 2.45) is 5.92 Å². The number of amides is 2. The average Bonchev–Trinajstić information content (AvgIpc) is 3.20. The third kappa shape index (κ3) is 5.01. The number of methoxy groups -OCH3 is 1. The fourth-order valence-electron chi connectivity index (χ4n) is 3.46. The van der Waals surface area contributed by atoms with Gasteiger partial charge in [0, 0.05) is 42.7 Å². The SMILES string of the molecule is COc1cccc(N2CC(C(=O)Nc3cccc(OCc4ccccn4)c3)CC2=O)c1. The number of carbonyl (C=O) groups excluding carboxylic acids is 2. The van der Waals surface area contributed by atoms with Crippen LogP contribution in [0.2, 0.25) is 0 Å². The molecule has 1 saturated heterocycles. The van der Waals surface area contributed by atoms with Gasteiger partial charge in [0.15, 0.2) is 0 Å². The normalized spacial score (nSPS) is 15.6. The summed E-state index contributed by atoms with van der Waals surface area (Å²) in [6.07, 6.45) is 1.88. The van der Waals surface area contributed by atoms with E-state index >= 15 is 0 Å². The van der Waals surface area contributed by atoms with Crippen molar-refractivity contribution in [1.29, 1.82) is 0 Å². The van der Waals surface area contributed by atoms with Crippen LogP contribution in [0.1, 0.15) is 12.1 Å². The van der Waals surface area contributed by atoms with Crippen LogP contribution in [0.4, 0.5) is 11.4 Å². The number of nitrogens with zero attached hydrogens (tertiary/aromatic N) is 2. The van der Waals surface area contributed by atoms with E-state index < -0.39 is 5.92 Å². The fourth-order valence-corrected chi connectivity index (χ4v) is 3.46. The molecule has 1 fully saturated rings. The number of ether oxygens (including phenoxy) is 2. The molecular formula is C24H23N3O4. The van der Waals surface area contributed by atoms with E-state index in [0.717, 1.165) is 11.4 Å². The Morgan fingerprint density at radius 1 is 1.10 bits per heavy atom. The lowest BCUT2D eigenvalue weighted by molar-refractivity contribution is -0.122. The van der Waals surface area contributed by atoms with Crippen LogP contribution in [-0.4, -0.2) is 30.5 Å². The summed E-state index contributed by atoms with van der Waals surface area (Å²) < 4.78 is 11.0. The summed E-state index contributed by atoms with van der Waals surface area (Å²) in [7, 11) is 1.58. The van der Waals surface area contributed by atoms with Crippen molar-refractivity contribution < 1.29 is 19.1 Å². The molecule has 4 rings (SSSR count). The zero-order valence-electron chi connectivity index (χ0n) is 17.2. The number of aromatic nitrogens is 1. The van der Waals surface area contributed by atoms with E-state index in [2.05, 4.69) is 10.3 Å². The van der Waals surface area contributed by atoms with Crippen molar-refractivity contribution >= 4 is 23.2 Å². The molecule has 0 radical (unpaired) electrons. The highest BCUT2D eigenvalue weighted by Gasteiger charge is 2.35. The molecule has 0 aliphatic carbocycles. The van der Waals surface area contributed by atoms with Crippen LogP contribution in [0.25, 0.3) is 0 Å². The Labute approximate surface area is 180 Å². The van der Waals surface area contributed by atoms with Crippen molar-refractivity contribution in [2.45, 2.75) is 13.0 Å². The molecule has 1 unspecified atom stereocenters. The maximum absolute atomic E-state index is 12.8. The summed E-state index contributed by atoms with van der Waals surface area (Å²) in [5, 5.41) is 2.90. The molecule has 1 aliphatic heterocycles. The van der Waals surface area contributed by atoms with E-state index in [9.17, 15) is 9.59 Å². The van der Waals surface area contributed by atoms with Crippen LogP contribution in [0.5, 0.6) is 11.5 Å². The van der Waals surface area contributed by atoms with Gasteiger partial charge in [0.2, 0.25) is 11.8 Å². The number of hydrogen-bond acceptors (Lipinski definition) is 5. The number of carbonyl (C=O) groups is 2. The monoisotopic (exact) mass is 417 g/mol. The van der Waals surface area contributed by atoms with Crippen LogP contribution >= 0.6 is 0 Å². The minimum absolute atomic E-state index is 0.0825. The summed E-state index contributed by atoms with van der Waals surface area (Å²) >= 11 is 0. The van der Waals surface area contributed by atoms with Gasteiger partial charge in [0.05, 0.1) is 18.7 Å². The van der Waals surface area contributed by atoms with E-state index in [-0.39, 0.29) is 18.2 Å². The number of benzene rings is 2. The molecule has 1 atom stereocenters. The lowest BCUT2D eigenvalue weighted by Crippen LogP contribution is -2.28. The molecule has 7 heteroatoms. The number of anilines is 2. The van der Waals surface area contributed by atoms with E-state index in [0.29, 0.717) is 30.3 Å². The van der Waals surface area contributed by atoms with Crippen molar-refractivity contribution in [3.63, 3.8) is 0 Å². The van der Waals surface area contributed by atoms with E-state index in [1.165, 1.54) is 0 Å². The summed E-state index contributed by atoms with van der Waals surface area (Å²) in [6, 6.07) is 20.1. The van der Waals surface area contributed by atoms with Crippen molar-refractivity contribution in [1.82, 2.24) is 4.98 Å². The van der Waals surface area contributed by atoms with Gasteiger partial charge in [-0.2, -0.15) is 0 Å². The standard InChI is InChI=1S/C24H23N3O4/c1-30-21-9-5-8-20(14-21)27-15-17(12-23(27)28)24(29)26-18-7-4-10-22(13-18)31-16-19-6-2-3-11-25-19/h2-11,13-14,17H,12,15-16H2,1H3,(H,26,29). The molecular weight excluding hydrogens is 394 g/mol. The number of rotatable bonds is 7. The molecule has 158 valence electrons. The summed E-state index contributed by atoms with van der Waals surface area (Å²) in [5.74, 6) is 0.586. The van der Waals surface area contributed by atoms with Gasteiger partial charge in [-0.1, -0.05) is 18.2 Å². The highest BCUT2D eigenvalue weighted by atomic mass is 16.5. The Morgan fingerprint density at radius 2 is 1.94 bits per heavy atom. The van der Waals surface area contributed by atoms with Gasteiger partial charge < -0.3 is 19.7 Å². The Morgan fingerprint density at radius 3 is 2.74 bits per heavy atom. The second-order valence-corrected chi connectivity index (χ2v) is 7.23. The molecule has 1 N–H and O–H groups in total. The molecule has 1 aromatic heterocycles. The highest BCUT2D eigenvalue weighted by Crippen LogP contribution is 2.29. The van der Waals surface area contributed by atoms with Gasteiger partial charge in [-0.05, 0) is 36.4 Å². The van der Waals surface area contributed by atoms with Gasteiger partial charge in [0.25, 0.3) is 0 Å². The van der Waals surface area contributed by atoms with E-state index in [1.807, 2.05) is 48.5 Å². The first-order valence-electron chi connectivity index (χ1n) is 10.0. The number of pyridine rings is 1. The summed E-state index contributed by atoms with van der Waals surface area (Å²) in [6.45, 7) is 0.665. The largest absolute Gasteiger partial charge is 0.497 e. The topological polar surface area (TPSA) is 80.8 Å². The minimum Gasteiger partial charge on any atom is -0.497 e. The zero-order chi connectivity index (χ0) is 21.6. The second kappa shape index (κ2) is 9.30. The van der Waals surface area contributed by atoms with Crippen LogP contribution < -0.4 is 19.7 Å². The number of nitrogens with one attached hydrogen (secondary N) is 1. The Hall–Kier alpha value is -3.87. The molecule has 2 aromatic carbocycles. The lowest BCUT2D eigenvalue weighted by Gasteiger charge is -2.17. The number of hydrogen-bond donors (Lipinski definition) is 1. The third-order valence-electron chi connectivity index (χ3n) is 5.08. The Bertz CT molecular complexity index is 1070. The average molecular weight is 417 g/mol. The Kier molecular flexibility index (Phi) is 6.12. The molecule has 2 heterocycles. The minimum atomic E-state index is -0.434. The van der Waals surface area contributed by atoms with Gasteiger partial charge in [-0.15, -0.1) is 0 Å². The van der Waals surface area contributed by atoms with Crippen LogP contribution in [0, 0.1) is 5.92 Å². The molecule has 2 amide bonds. The van der Waals surface area contributed by atoms with Crippen LogP contribution in [-0.2, 0) is 16.2 Å². The first kappa shape index (κ1) is 20.4. The van der Waals surface area contributed by atoms with Crippen molar-refractivity contribution in [3.8, 4) is 11.5 Å². The lowest BCUT2D eigenvalue weighted by atomic mass is 10.1. The predicted molar refractivity (Wildman–Crippen MR) is 117 cm³/mol. The first-order chi connectivity index (χ1) is 15.1. The van der Waals surface area contributed by atoms with E-state index in [1.54, 1.807) is 36.4 Å². The summed E-state index contributed by atoms with van der Waals surface area (Å²) in [4.78, 5) is 31.1. The molecule has 0 spiro atoms. The molecule has 31 heavy (non-hydrogen) atoms. The predicted octanol–water partition coefficient (Wildman–Crippen LogP) is 3.66. The van der Waals surface area contributed by atoms with Gasteiger partial charge in [-0.25, -0.2) is 0 Å². The van der Waals surface area contributed by atoms with E-state index in [4.69, 9.17) is 9.47 Å². The molecule has 0 saturated carbocycles. The Balaban J connectivity index is 1.37. The molecule has 7 nitrogen and oxygen atoms in total. The molecule has 3 aromatic rings. The smallest absolute Gasteiger partial charge is 0.229 e. The van der Waals surface area contributed by atoms with Crippen molar-refractivity contribution in [2.75, 3.05) is 23.9 Å². The quantitative estimate of drug-likeness (QED) is 0.635. The molecule has 1 aliphatic rings. The third-order valence-corrected chi connectivity index (χ3v) is 5.08. The first-order valence-corrected chi connectivity index (χ1v) is 10.0.